The summed E-state index contributed by atoms with van der Waals surface area (Å²) in [7, 11) is 0. The number of carbonyl (C=O) groups is 2. The summed E-state index contributed by atoms with van der Waals surface area (Å²) in [5.41, 5.74) is 7.76. The molecule has 16 nitrogen and oxygen atoms in total. The molecule has 6 aromatic rings. The normalized spacial score (nSPS) is 18.3. The number of amides is 2. The highest BCUT2D eigenvalue weighted by molar-refractivity contribution is 5.82. The molecule has 400 valence electrons. The van der Waals surface area contributed by atoms with Gasteiger partial charge >= 0.3 is 12.2 Å². The van der Waals surface area contributed by atoms with Crippen molar-refractivity contribution in [3.8, 4) is 0 Å². The maximum atomic E-state index is 13.0. The lowest BCUT2D eigenvalue weighted by Crippen LogP contribution is -2.50. The van der Waals surface area contributed by atoms with E-state index >= 15 is 0 Å². The van der Waals surface area contributed by atoms with E-state index in [0.717, 1.165) is 75.0 Å². The summed E-state index contributed by atoms with van der Waals surface area (Å²) in [5.74, 6) is 0.894. The van der Waals surface area contributed by atoms with Crippen LogP contribution >= 0.6 is 0 Å². The van der Waals surface area contributed by atoms with Gasteiger partial charge in [0.1, 0.15) is 11.7 Å². The van der Waals surface area contributed by atoms with E-state index in [9.17, 15) is 19.8 Å². The van der Waals surface area contributed by atoms with Gasteiger partial charge in [-0.25, -0.2) is 9.59 Å². The number of aliphatic hydroxyl groups is 2. The zero-order chi connectivity index (χ0) is 52.9. The third kappa shape index (κ3) is 16.6. The molecule has 0 radical (unpaired) electrons. The average molecular weight is 1020 g/mol. The van der Waals surface area contributed by atoms with Crippen LogP contribution in [0.25, 0.3) is 21.8 Å². The van der Waals surface area contributed by atoms with Gasteiger partial charge in [-0.15, -0.1) is 0 Å². The van der Waals surface area contributed by atoms with Crippen molar-refractivity contribution in [3.63, 3.8) is 0 Å². The van der Waals surface area contributed by atoms with Gasteiger partial charge in [0.15, 0.2) is 6.29 Å². The number of aromatic amines is 2. The molecule has 0 spiro atoms. The van der Waals surface area contributed by atoms with Crippen LogP contribution in [-0.2, 0) is 44.9 Å². The van der Waals surface area contributed by atoms with Gasteiger partial charge in [-0.2, -0.15) is 10.2 Å². The zero-order valence-corrected chi connectivity index (χ0v) is 44.8. The molecular formula is C58H80N8O8. The van der Waals surface area contributed by atoms with Gasteiger partial charge in [-0.05, 0) is 112 Å². The molecule has 0 bridgehead atoms. The van der Waals surface area contributed by atoms with Crippen LogP contribution in [0.15, 0.2) is 97.1 Å². The summed E-state index contributed by atoms with van der Waals surface area (Å²) in [4.78, 5) is 30.1. The Hall–Kier alpha value is -5.88. The second-order valence-electron chi connectivity index (χ2n) is 22.1. The number of fused-ring (bicyclic) bond motifs is 3. The predicted molar refractivity (Wildman–Crippen MR) is 288 cm³/mol. The summed E-state index contributed by atoms with van der Waals surface area (Å²) in [5, 5.41) is 45.7. The molecule has 7 atom stereocenters. The summed E-state index contributed by atoms with van der Waals surface area (Å²) in [6.45, 7) is 23.0. The first-order chi connectivity index (χ1) is 35.3. The summed E-state index contributed by atoms with van der Waals surface area (Å²) >= 11 is 0. The van der Waals surface area contributed by atoms with Crippen LogP contribution in [0.5, 0.6) is 0 Å². The summed E-state index contributed by atoms with van der Waals surface area (Å²) in [6, 6.07) is 31.3. The molecule has 74 heavy (non-hydrogen) atoms. The van der Waals surface area contributed by atoms with Crippen LogP contribution in [0.4, 0.5) is 9.59 Å². The van der Waals surface area contributed by atoms with Crippen LogP contribution in [0, 0.1) is 31.6 Å². The van der Waals surface area contributed by atoms with Crippen LogP contribution in [-0.4, -0.2) is 134 Å². The van der Waals surface area contributed by atoms with Crippen LogP contribution in [0.3, 0.4) is 0 Å². The highest BCUT2D eigenvalue weighted by Gasteiger charge is 2.44. The molecule has 0 aliphatic carbocycles. The summed E-state index contributed by atoms with van der Waals surface area (Å²) < 4.78 is 22.4. The molecule has 0 unspecified atom stereocenters. The van der Waals surface area contributed by atoms with Crippen LogP contribution in [0.1, 0.15) is 88.5 Å². The van der Waals surface area contributed by atoms with E-state index in [4.69, 9.17) is 18.9 Å². The smallest absolute Gasteiger partial charge is 0.407 e. The van der Waals surface area contributed by atoms with E-state index in [1.165, 1.54) is 0 Å². The molecule has 2 saturated heterocycles. The lowest BCUT2D eigenvalue weighted by molar-refractivity contribution is -0.0907. The first-order valence-electron chi connectivity index (χ1n) is 26.3. The van der Waals surface area contributed by atoms with Gasteiger partial charge in [0.25, 0.3) is 0 Å². The maximum absolute atomic E-state index is 13.0. The number of hydrogen-bond acceptors (Lipinski definition) is 12. The van der Waals surface area contributed by atoms with E-state index in [-0.39, 0.29) is 18.3 Å². The Bertz CT molecular complexity index is 2690. The topological polar surface area (TPSA) is 199 Å². The van der Waals surface area contributed by atoms with Crippen molar-refractivity contribution in [2.45, 2.75) is 137 Å². The fourth-order valence-corrected chi connectivity index (χ4v) is 9.94. The Kier molecular flexibility index (Phi) is 19.7. The van der Waals surface area contributed by atoms with Crippen LogP contribution in [0.2, 0.25) is 0 Å². The zero-order valence-electron chi connectivity index (χ0n) is 44.8. The minimum Gasteiger partial charge on any atom is -0.444 e. The number of aryl methyl sites for hydroxylation is 2. The first kappa shape index (κ1) is 55.9. The second-order valence-corrected chi connectivity index (χ2v) is 22.1. The van der Waals surface area contributed by atoms with Crippen molar-refractivity contribution in [2.24, 2.45) is 17.8 Å². The fraction of sp³-hybridized carbons (Fsp3) is 0.517. The van der Waals surface area contributed by atoms with E-state index in [2.05, 4.69) is 92.8 Å². The Morgan fingerprint density at radius 1 is 0.676 bits per heavy atom. The van der Waals surface area contributed by atoms with Gasteiger partial charge in [-0.1, -0.05) is 100 Å². The summed E-state index contributed by atoms with van der Waals surface area (Å²) in [6.07, 6.45) is -1.46. The quantitative estimate of drug-likeness (QED) is 0.0402. The van der Waals surface area contributed by atoms with Crippen LogP contribution < -0.4 is 10.6 Å². The Morgan fingerprint density at radius 3 is 1.61 bits per heavy atom. The van der Waals surface area contributed by atoms with Gasteiger partial charge in [0.2, 0.25) is 0 Å². The number of ether oxygens (including phenoxy) is 4. The van der Waals surface area contributed by atoms with Gasteiger partial charge in [0.05, 0.1) is 54.5 Å². The minimum atomic E-state index is -0.807. The second kappa shape index (κ2) is 26.1. The number of carbonyl (C=O) groups excluding carboxylic acids is 2. The lowest BCUT2D eigenvalue weighted by atomic mass is 10.00. The number of benzene rings is 4. The molecule has 16 heteroatoms. The van der Waals surface area contributed by atoms with Crippen molar-refractivity contribution in [1.29, 1.82) is 0 Å². The molecule has 0 saturated carbocycles. The van der Waals surface area contributed by atoms with E-state index in [1.807, 2.05) is 107 Å². The number of hydrogen-bond donors (Lipinski definition) is 6. The molecule has 2 aliphatic rings. The number of H-pyrrole nitrogens is 2. The third-order valence-electron chi connectivity index (χ3n) is 13.3. The molecule has 2 aromatic heterocycles. The van der Waals surface area contributed by atoms with Crippen molar-refractivity contribution < 1.29 is 38.7 Å². The minimum absolute atomic E-state index is 0.0611. The number of alkyl carbamates (subject to hydrolysis) is 2. The molecule has 2 amide bonds. The SMILES string of the molecule is Cc1[nH]nc2ccc(CN(CC(C)C)C[C@@H](O)[C@H](Cc3ccccc3)NC(=O)OC(C)(C)C)cc12.Cc1[nH]nc2ccc(CN(CC(C)C)C[C@@H](O)[C@H](Cc3ccccc3)NC(=O)O[C@H]3CO[C@H]4OCC[C@H]43)cc12. The Morgan fingerprint density at radius 2 is 1.15 bits per heavy atom. The number of rotatable bonds is 21. The van der Waals surface area contributed by atoms with Gasteiger partial charge in [0, 0.05) is 61.4 Å². The lowest BCUT2D eigenvalue weighted by Gasteiger charge is -2.32. The monoisotopic (exact) mass is 1020 g/mol. The largest absolute Gasteiger partial charge is 0.444 e. The number of nitrogens with zero attached hydrogens (tertiary/aromatic N) is 4. The third-order valence-corrected chi connectivity index (χ3v) is 13.3. The van der Waals surface area contributed by atoms with E-state index in [1.54, 1.807) is 0 Å². The highest BCUT2D eigenvalue weighted by Crippen LogP contribution is 2.33. The highest BCUT2D eigenvalue weighted by atomic mass is 16.7. The fourth-order valence-electron chi connectivity index (χ4n) is 9.94. The molecule has 2 fully saturated rings. The maximum Gasteiger partial charge on any atom is 0.407 e. The van der Waals surface area contributed by atoms with Crippen molar-refractivity contribution in [3.05, 3.63) is 131 Å². The first-order valence-corrected chi connectivity index (χ1v) is 26.3. The molecule has 8 rings (SSSR count). The number of aliphatic hydroxyl groups excluding tert-OH is 2. The molecule has 4 aromatic carbocycles. The molecule has 2 aliphatic heterocycles. The molecule has 6 N–H and O–H groups in total. The van der Waals surface area contributed by atoms with E-state index in [0.29, 0.717) is 64.1 Å². The van der Waals surface area contributed by atoms with Crippen molar-refractivity contribution >= 4 is 34.0 Å². The Labute approximate surface area is 436 Å². The van der Waals surface area contributed by atoms with Gasteiger partial charge < -0.3 is 39.8 Å². The van der Waals surface area contributed by atoms with Crippen molar-refractivity contribution in [2.75, 3.05) is 39.4 Å². The average Bonchev–Trinajstić information content (AvgIpc) is 4.14. The van der Waals surface area contributed by atoms with Crippen molar-refractivity contribution in [1.82, 2.24) is 40.8 Å². The molecular weight excluding hydrogens is 937 g/mol. The van der Waals surface area contributed by atoms with Gasteiger partial charge in [-0.3, -0.25) is 20.0 Å². The number of aromatic nitrogens is 4. The molecule has 4 heterocycles. The Balaban J connectivity index is 0.000000218. The standard InChI is InChI=1S/C30H40N4O5.C28H40N4O3/c1-19(2)15-34(16-22-9-10-25-24(13-22)20(3)32-33-25)17-27(35)26(14-21-7-5-4-6-8-21)31-30(36)39-28-18-38-29-23(28)11-12-37-29;1-19(2)16-32(17-22-12-13-24-23(14-22)20(3)30-31-24)18-26(33)25(15-21-10-8-7-9-11-21)29-27(34)35-28(4,5)6/h4-10,13,19,23,26-29,35H,11-12,14-18H2,1-3H3,(H,31,36)(H,32,33);7-14,19,25-26,33H,15-18H2,1-6H3,(H,29,34)(H,30,31)/t23-,26-,27+,28-,29+;25-,26+/m00/s1. The van der Waals surface area contributed by atoms with E-state index < -0.39 is 42.1 Å². The number of nitrogens with one attached hydrogen (secondary N) is 4. The predicted octanol–water partition coefficient (Wildman–Crippen LogP) is 8.62.